The van der Waals surface area contributed by atoms with Crippen molar-refractivity contribution in [2.45, 2.75) is 336 Å². The molecule has 112 heavy (non-hydrogen) atoms. The van der Waals surface area contributed by atoms with Crippen LogP contribution in [0.25, 0.3) is 0 Å². The molecule has 632 valence electrons. The molecule has 0 amide bonds. The Morgan fingerprint density at radius 1 is 0.491 bits per heavy atom. The molecule has 0 aromatic rings. The number of carbonyl (C=O) groups is 10. The van der Waals surface area contributed by atoms with Gasteiger partial charge in [-0.3, -0.25) is 42.5 Å². The van der Waals surface area contributed by atoms with Crippen molar-refractivity contribution in [2.24, 2.45) is 123 Å². The molecule has 14 atom stereocenters. The normalized spacial score (nSPS) is 38.4. The molecule has 16 aliphatic carbocycles. The van der Waals surface area contributed by atoms with E-state index in [1.807, 2.05) is 76.2 Å². The molecule has 25 heteroatoms. The van der Waals surface area contributed by atoms with Gasteiger partial charge in [0.1, 0.15) is 54.4 Å². The van der Waals surface area contributed by atoms with E-state index in [2.05, 4.69) is 20.8 Å². The molecule has 18 aliphatic rings. The lowest BCUT2D eigenvalue weighted by molar-refractivity contribution is -0.231. The van der Waals surface area contributed by atoms with Crippen molar-refractivity contribution in [3.05, 3.63) is 0 Å². The molecule has 2 saturated heterocycles. The number of fused-ring (bicyclic) bond motifs is 2. The summed E-state index contributed by atoms with van der Waals surface area (Å²) in [6.45, 7) is 30.6. The van der Waals surface area contributed by atoms with Crippen molar-refractivity contribution >= 4 is 69.8 Å². The molecule has 1 N–H and O–H groups in total. The summed E-state index contributed by atoms with van der Waals surface area (Å²) in [5.41, 5.74) is -2.73. The standard InChI is InChI=1S/C20H30O6.C19H32O2.C18H26O9S.C16H26O3.C14H20O4/c1-4-12(2)19(23)25-10-17(21)24-11-18(22)26-20(3)15-6-13-5-14(8-15)9-16(20)7-13;1-6-18(4,5)17(20)21-19(12(2)3)15-8-13-7-14(10-15)11-16(19)9-13;1-3-10(2)18(21)25-7-6-24-14(19)4-5-15(20)26-16-11-8-12-13(9-11)28(22,23)27-17(12)16;1-4-14(2,3)13(17)19-16-8-11-5-12(9-16)7-15(18,6-11)10-16;1-4-14(2,3)13(16)18-10-7-5-8-9(6-7)12(15)17-11(8)10/h12-16H,4-11H2,1-3H3;12-16H,6-11H2,1-5H3;10-13,16-17H,3-9H2,1-2H3;11-12,18H,4-10H2,1-3H3;7-11H,4-6H2,1-3H3. The molecular formula is C87H134O24S. The molecule has 0 radical (unpaired) electrons. The van der Waals surface area contributed by atoms with Gasteiger partial charge < -0.3 is 52.5 Å². The van der Waals surface area contributed by atoms with Crippen LogP contribution in [0.5, 0.6) is 0 Å². The number of hydrogen-bond acceptors (Lipinski definition) is 24. The highest BCUT2D eigenvalue weighted by Gasteiger charge is 2.67. The summed E-state index contributed by atoms with van der Waals surface area (Å²) < 4.78 is 83.2. The van der Waals surface area contributed by atoms with Crippen LogP contribution in [0.2, 0.25) is 0 Å². The Kier molecular flexibility index (Phi) is 26.7. The Morgan fingerprint density at radius 3 is 1.48 bits per heavy atom. The molecule has 2 aliphatic heterocycles. The maximum absolute atomic E-state index is 12.8. The maximum atomic E-state index is 12.8. The highest BCUT2D eigenvalue weighted by atomic mass is 32.2. The van der Waals surface area contributed by atoms with E-state index in [0.717, 1.165) is 107 Å². The summed E-state index contributed by atoms with van der Waals surface area (Å²) >= 11 is 0. The van der Waals surface area contributed by atoms with Gasteiger partial charge in [0.2, 0.25) is 0 Å². The summed E-state index contributed by atoms with van der Waals surface area (Å²) in [6, 6.07) is 0. The van der Waals surface area contributed by atoms with Crippen LogP contribution in [0.3, 0.4) is 0 Å². The lowest BCUT2D eigenvalue weighted by Gasteiger charge is -2.62. The van der Waals surface area contributed by atoms with Crippen LogP contribution in [-0.4, -0.2) is 152 Å². The third-order valence-electron chi connectivity index (χ3n) is 30.4. The van der Waals surface area contributed by atoms with Crippen LogP contribution in [-0.2, 0) is 110 Å². The predicted molar refractivity (Wildman–Crippen MR) is 408 cm³/mol. The third-order valence-corrected chi connectivity index (χ3v) is 32.2. The molecule has 2 heterocycles. The van der Waals surface area contributed by atoms with E-state index < -0.39 is 92.7 Å². The summed E-state index contributed by atoms with van der Waals surface area (Å²) in [5, 5.41) is 10.2. The van der Waals surface area contributed by atoms with E-state index in [4.69, 9.17) is 51.6 Å². The van der Waals surface area contributed by atoms with Gasteiger partial charge in [-0.25, -0.2) is 9.59 Å². The van der Waals surface area contributed by atoms with Crippen LogP contribution >= 0.6 is 0 Å². The topological polar surface area (TPSA) is 327 Å². The highest BCUT2D eigenvalue weighted by Crippen LogP contribution is 2.64. The minimum absolute atomic E-state index is 0.00613. The Hall–Kier alpha value is -5.43. The average molecular weight is 1600 g/mol. The minimum atomic E-state index is -3.55. The maximum Gasteiger partial charge on any atom is 0.344 e. The van der Waals surface area contributed by atoms with Crippen LogP contribution in [0, 0.1) is 123 Å². The highest BCUT2D eigenvalue weighted by molar-refractivity contribution is 7.87. The van der Waals surface area contributed by atoms with Gasteiger partial charge in [-0.05, 0) is 268 Å². The fourth-order valence-corrected chi connectivity index (χ4v) is 25.0. The number of esters is 10. The van der Waals surface area contributed by atoms with E-state index in [1.165, 1.54) is 44.9 Å². The first-order chi connectivity index (χ1) is 52.5. The zero-order chi connectivity index (χ0) is 81.8. The number of aliphatic hydroxyl groups is 1. The second-order valence-electron chi connectivity index (χ2n) is 39.6. The Bertz CT molecular complexity index is 3500. The summed E-state index contributed by atoms with van der Waals surface area (Å²) in [7, 11) is -3.55. The Balaban J connectivity index is 0.000000140. The predicted octanol–water partition coefficient (Wildman–Crippen LogP) is 13.6. The SMILES string of the molecule is CCC(C)(C)C(=O)OC1(C(C)C)C2CC3CC(C2)CC1C3.CCC(C)(C)C(=O)OC12CC3CC(CC(O)(C3)C1)C2.CCC(C)(C)C(=O)OC1C2CC3C(=O)OC1C3C2.CCC(C)C(=O)OCC(=O)OCC(=O)OC1(C)C2CC3CC(C2)CC1C3.CCC(C)C(=O)OCCOC(=O)CCC(=O)OC1C2CC3C1OS(=O)(=O)C3C2. The second-order valence-corrected chi connectivity index (χ2v) is 41.4. The number of hydrogen-bond donors (Lipinski definition) is 1. The summed E-state index contributed by atoms with van der Waals surface area (Å²) in [6.07, 6.45) is 23.0. The smallest absolute Gasteiger partial charge is 0.344 e. The van der Waals surface area contributed by atoms with Gasteiger partial charge in [0.25, 0.3) is 10.1 Å². The molecule has 16 bridgehead atoms. The first-order valence-electron chi connectivity index (χ1n) is 43.1. The first kappa shape index (κ1) is 87.4. The van der Waals surface area contributed by atoms with E-state index in [9.17, 15) is 61.5 Å². The number of carbonyl (C=O) groups excluding carboxylic acids is 10. The quantitative estimate of drug-likeness (QED) is 0.0364. The van der Waals surface area contributed by atoms with Gasteiger partial charge in [0, 0.05) is 30.1 Å². The van der Waals surface area contributed by atoms with Gasteiger partial charge in [0.15, 0.2) is 13.2 Å². The third kappa shape index (κ3) is 18.6. The number of rotatable bonds is 26. The van der Waals surface area contributed by atoms with E-state index in [0.29, 0.717) is 85.4 Å². The summed E-state index contributed by atoms with van der Waals surface area (Å²) in [4.78, 5) is 120. The van der Waals surface area contributed by atoms with E-state index in [-0.39, 0.29) is 114 Å². The molecule has 18 fully saturated rings. The molecule has 0 spiro atoms. The van der Waals surface area contributed by atoms with Gasteiger partial charge >= 0.3 is 59.7 Å². The molecule has 24 nitrogen and oxygen atoms in total. The van der Waals surface area contributed by atoms with Crippen molar-refractivity contribution in [1.82, 2.24) is 0 Å². The molecule has 16 saturated carbocycles. The minimum Gasteiger partial charge on any atom is -0.462 e. The van der Waals surface area contributed by atoms with E-state index >= 15 is 0 Å². The van der Waals surface area contributed by atoms with Crippen molar-refractivity contribution in [2.75, 3.05) is 26.4 Å². The Labute approximate surface area is 665 Å². The second kappa shape index (κ2) is 34.3. The van der Waals surface area contributed by atoms with Crippen LogP contribution in [0.4, 0.5) is 0 Å². The largest absolute Gasteiger partial charge is 0.462 e. The van der Waals surface area contributed by atoms with Crippen LogP contribution in [0.15, 0.2) is 0 Å². The zero-order valence-electron chi connectivity index (χ0n) is 69.9. The molecular weight excluding hydrogens is 1460 g/mol. The molecule has 18 rings (SSSR count). The summed E-state index contributed by atoms with van der Waals surface area (Å²) in [5.74, 6) is 3.69. The zero-order valence-corrected chi connectivity index (χ0v) is 70.8. The van der Waals surface area contributed by atoms with Gasteiger partial charge in [-0.15, -0.1) is 0 Å². The van der Waals surface area contributed by atoms with Crippen molar-refractivity contribution in [3.63, 3.8) is 0 Å². The number of ether oxygens (including phenoxy) is 10. The lowest BCUT2D eigenvalue weighted by atomic mass is 9.47. The van der Waals surface area contributed by atoms with E-state index in [1.54, 1.807) is 13.8 Å². The van der Waals surface area contributed by atoms with Gasteiger partial charge in [0.05, 0.1) is 57.7 Å². The monoisotopic (exact) mass is 1590 g/mol. The van der Waals surface area contributed by atoms with Crippen molar-refractivity contribution < 1.29 is 113 Å². The van der Waals surface area contributed by atoms with Crippen molar-refractivity contribution in [3.8, 4) is 0 Å². The Morgan fingerprint density at radius 2 is 0.955 bits per heavy atom. The average Bonchev–Trinajstić information content (AvgIpc) is 1.31. The van der Waals surface area contributed by atoms with Gasteiger partial charge in [-0.2, -0.15) is 8.42 Å². The van der Waals surface area contributed by atoms with Crippen LogP contribution in [0.1, 0.15) is 284 Å². The van der Waals surface area contributed by atoms with Gasteiger partial charge in [-0.1, -0.05) is 62.3 Å². The first-order valence-corrected chi connectivity index (χ1v) is 44.6. The molecule has 0 aromatic heterocycles. The van der Waals surface area contributed by atoms with Crippen molar-refractivity contribution in [1.29, 1.82) is 0 Å². The van der Waals surface area contributed by atoms with Crippen LogP contribution < -0.4 is 0 Å². The molecule has 0 aromatic carbocycles. The fraction of sp³-hybridized carbons (Fsp3) is 0.885. The molecule has 14 unspecified atom stereocenters. The lowest BCUT2D eigenvalue weighted by Crippen LogP contribution is -2.63. The fourth-order valence-electron chi connectivity index (χ4n) is 23.1.